The molecule has 1 rings (SSSR count). The number of hydrogen-bond acceptors (Lipinski definition) is 2. The van der Waals surface area contributed by atoms with Crippen LogP contribution in [0.25, 0.3) is 0 Å². The SMILES string of the molecule is CCN(CC)C(C)(C)C(O)Cc1c(C)cc(C)cc1C. The fourth-order valence-electron chi connectivity index (χ4n) is 3.22. The van der Waals surface area contributed by atoms with Crippen molar-refractivity contribution in [2.45, 2.75) is 66.5 Å². The number of rotatable bonds is 6. The van der Waals surface area contributed by atoms with Crippen LogP contribution in [0.2, 0.25) is 0 Å². The maximum atomic E-state index is 10.7. The summed E-state index contributed by atoms with van der Waals surface area (Å²) < 4.78 is 0. The molecule has 1 aromatic rings. The van der Waals surface area contributed by atoms with Crippen molar-refractivity contribution in [1.82, 2.24) is 4.90 Å². The first-order chi connectivity index (χ1) is 9.23. The van der Waals surface area contributed by atoms with E-state index in [1.165, 1.54) is 22.3 Å². The molecule has 20 heavy (non-hydrogen) atoms. The third-order valence-electron chi connectivity index (χ3n) is 4.63. The van der Waals surface area contributed by atoms with E-state index in [-0.39, 0.29) is 11.6 Å². The minimum absolute atomic E-state index is 0.201. The highest BCUT2D eigenvalue weighted by Crippen LogP contribution is 2.25. The molecule has 0 radical (unpaired) electrons. The van der Waals surface area contributed by atoms with E-state index in [4.69, 9.17) is 0 Å². The lowest BCUT2D eigenvalue weighted by molar-refractivity contribution is -0.00429. The summed E-state index contributed by atoms with van der Waals surface area (Å²) in [4.78, 5) is 2.33. The van der Waals surface area contributed by atoms with Crippen molar-refractivity contribution in [3.05, 3.63) is 34.4 Å². The molecule has 114 valence electrons. The highest BCUT2D eigenvalue weighted by atomic mass is 16.3. The fraction of sp³-hybridized carbons (Fsp3) is 0.667. The van der Waals surface area contributed by atoms with E-state index < -0.39 is 0 Å². The first-order valence-corrected chi connectivity index (χ1v) is 7.73. The number of likely N-dealkylation sites (N-methyl/N-ethyl adjacent to an activating group) is 1. The molecule has 0 heterocycles. The van der Waals surface area contributed by atoms with Crippen molar-refractivity contribution in [2.75, 3.05) is 13.1 Å². The third-order valence-corrected chi connectivity index (χ3v) is 4.63. The molecule has 1 unspecified atom stereocenters. The van der Waals surface area contributed by atoms with Crippen LogP contribution < -0.4 is 0 Å². The molecule has 0 aliphatic heterocycles. The van der Waals surface area contributed by atoms with Gasteiger partial charge in [0, 0.05) is 12.0 Å². The zero-order valence-electron chi connectivity index (χ0n) is 14.2. The van der Waals surface area contributed by atoms with E-state index in [2.05, 4.69) is 65.5 Å². The number of aliphatic hydroxyl groups is 1. The van der Waals surface area contributed by atoms with Crippen LogP contribution in [0.5, 0.6) is 0 Å². The molecule has 0 fully saturated rings. The van der Waals surface area contributed by atoms with Crippen molar-refractivity contribution >= 4 is 0 Å². The molecular formula is C18H31NO. The van der Waals surface area contributed by atoms with E-state index >= 15 is 0 Å². The molecule has 2 heteroatoms. The third kappa shape index (κ3) is 3.62. The molecule has 2 nitrogen and oxygen atoms in total. The summed E-state index contributed by atoms with van der Waals surface area (Å²) in [6.07, 6.45) is 0.365. The zero-order valence-corrected chi connectivity index (χ0v) is 14.2. The molecule has 1 atom stereocenters. The molecule has 0 saturated carbocycles. The second-order valence-electron chi connectivity index (χ2n) is 6.42. The Kier molecular flexibility index (Phi) is 5.79. The Morgan fingerprint density at radius 1 is 1.05 bits per heavy atom. The maximum Gasteiger partial charge on any atom is 0.0758 e. The van der Waals surface area contributed by atoms with Gasteiger partial charge in [-0.15, -0.1) is 0 Å². The van der Waals surface area contributed by atoms with Gasteiger partial charge in [-0.05, 0) is 64.4 Å². The smallest absolute Gasteiger partial charge is 0.0758 e. The van der Waals surface area contributed by atoms with Crippen molar-refractivity contribution in [3.8, 4) is 0 Å². The highest BCUT2D eigenvalue weighted by Gasteiger charge is 2.33. The molecule has 0 aliphatic rings. The summed E-state index contributed by atoms with van der Waals surface area (Å²) in [5.74, 6) is 0. The maximum absolute atomic E-state index is 10.7. The molecule has 1 aromatic carbocycles. The topological polar surface area (TPSA) is 23.5 Å². The van der Waals surface area contributed by atoms with Gasteiger partial charge in [-0.3, -0.25) is 4.90 Å². The second-order valence-corrected chi connectivity index (χ2v) is 6.42. The summed E-state index contributed by atoms with van der Waals surface area (Å²) in [5, 5.41) is 10.7. The lowest BCUT2D eigenvalue weighted by Crippen LogP contribution is -2.53. The Bertz CT molecular complexity index is 424. The van der Waals surface area contributed by atoms with Crippen LogP contribution in [0.15, 0.2) is 12.1 Å². The average molecular weight is 277 g/mol. The molecule has 0 saturated heterocycles. The van der Waals surface area contributed by atoms with E-state index in [0.717, 1.165) is 19.5 Å². The lowest BCUT2D eigenvalue weighted by atomic mass is 9.86. The Labute approximate surface area is 124 Å². The monoisotopic (exact) mass is 277 g/mol. The number of aliphatic hydroxyl groups excluding tert-OH is 1. The van der Waals surface area contributed by atoms with Gasteiger partial charge in [0.1, 0.15) is 0 Å². The largest absolute Gasteiger partial charge is 0.391 e. The molecule has 1 N–H and O–H groups in total. The van der Waals surface area contributed by atoms with E-state index in [1.807, 2.05) is 0 Å². The summed E-state index contributed by atoms with van der Waals surface area (Å²) in [5.41, 5.74) is 4.96. The summed E-state index contributed by atoms with van der Waals surface area (Å²) in [6.45, 7) is 16.9. The molecule has 0 spiro atoms. The highest BCUT2D eigenvalue weighted by molar-refractivity contribution is 5.38. The predicted octanol–water partition coefficient (Wildman–Crippen LogP) is 3.64. The quantitative estimate of drug-likeness (QED) is 0.858. The van der Waals surface area contributed by atoms with Crippen LogP contribution in [-0.4, -0.2) is 34.7 Å². The molecule has 0 bridgehead atoms. The van der Waals surface area contributed by atoms with Crippen LogP contribution >= 0.6 is 0 Å². The van der Waals surface area contributed by atoms with Gasteiger partial charge in [-0.2, -0.15) is 0 Å². The standard InChI is InChI=1S/C18H31NO/c1-8-19(9-2)18(6,7)17(20)12-16-14(4)10-13(3)11-15(16)5/h10-11,17,20H,8-9,12H2,1-7H3. The van der Waals surface area contributed by atoms with Crippen molar-refractivity contribution in [3.63, 3.8) is 0 Å². The van der Waals surface area contributed by atoms with Gasteiger partial charge < -0.3 is 5.11 Å². The first kappa shape index (κ1) is 17.2. The van der Waals surface area contributed by atoms with Gasteiger partial charge in [-0.25, -0.2) is 0 Å². The first-order valence-electron chi connectivity index (χ1n) is 7.73. The Balaban J connectivity index is 2.98. The van der Waals surface area contributed by atoms with Gasteiger partial charge in [0.15, 0.2) is 0 Å². The predicted molar refractivity (Wildman–Crippen MR) is 87.4 cm³/mol. The number of benzene rings is 1. The van der Waals surface area contributed by atoms with Gasteiger partial charge in [-0.1, -0.05) is 31.5 Å². The van der Waals surface area contributed by atoms with Crippen LogP contribution in [0.3, 0.4) is 0 Å². The summed E-state index contributed by atoms with van der Waals surface area (Å²) >= 11 is 0. The van der Waals surface area contributed by atoms with Gasteiger partial charge in [0.2, 0.25) is 0 Å². The Morgan fingerprint density at radius 2 is 1.50 bits per heavy atom. The molecular weight excluding hydrogens is 246 g/mol. The minimum atomic E-state index is -0.359. The zero-order chi connectivity index (χ0) is 15.5. The Morgan fingerprint density at radius 3 is 1.90 bits per heavy atom. The van der Waals surface area contributed by atoms with Crippen molar-refractivity contribution < 1.29 is 5.11 Å². The molecule has 0 aromatic heterocycles. The van der Waals surface area contributed by atoms with E-state index in [9.17, 15) is 5.11 Å². The normalized spacial score (nSPS) is 13.8. The van der Waals surface area contributed by atoms with Crippen molar-refractivity contribution in [1.29, 1.82) is 0 Å². The van der Waals surface area contributed by atoms with E-state index in [1.54, 1.807) is 0 Å². The summed E-state index contributed by atoms with van der Waals surface area (Å²) in [7, 11) is 0. The Hall–Kier alpha value is -0.860. The van der Waals surface area contributed by atoms with Gasteiger partial charge in [0.25, 0.3) is 0 Å². The van der Waals surface area contributed by atoms with E-state index in [0.29, 0.717) is 0 Å². The minimum Gasteiger partial charge on any atom is -0.391 e. The molecule has 0 aliphatic carbocycles. The van der Waals surface area contributed by atoms with Gasteiger partial charge >= 0.3 is 0 Å². The summed E-state index contributed by atoms with van der Waals surface area (Å²) in [6, 6.07) is 4.42. The van der Waals surface area contributed by atoms with Gasteiger partial charge in [0.05, 0.1) is 6.10 Å². The fourth-order valence-corrected chi connectivity index (χ4v) is 3.22. The number of hydrogen-bond donors (Lipinski definition) is 1. The van der Waals surface area contributed by atoms with Crippen LogP contribution in [-0.2, 0) is 6.42 Å². The number of nitrogens with zero attached hydrogens (tertiary/aromatic N) is 1. The number of aryl methyl sites for hydroxylation is 3. The lowest BCUT2D eigenvalue weighted by Gasteiger charge is -2.41. The van der Waals surface area contributed by atoms with Crippen molar-refractivity contribution in [2.24, 2.45) is 0 Å². The second kappa shape index (κ2) is 6.73. The van der Waals surface area contributed by atoms with Crippen LogP contribution in [0, 0.1) is 20.8 Å². The van der Waals surface area contributed by atoms with Crippen LogP contribution in [0.1, 0.15) is 49.9 Å². The average Bonchev–Trinajstić information content (AvgIpc) is 2.34. The molecule has 0 amide bonds. The van der Waals surface area contributed by atoms with Crippen LogP contribution in [0.4, 0.5) is 0 Å².